The van der Waals surface area contributed by atoms with E-state index in [0.717, 1.165) is 11.5 Å². The molecule has 0 saturated carbocycles. The van der Waals surface area contributed by atoms with E-state index in [-0.39, 0.29) is 0 Å². The zero-order valence-electron chi connectivity index (χ0n) is 14.9. The van der Waals surface area contributed by atoms with Crippen LogP contribution < -0.4 is 10.2 Å². The summed E-state index contributed by atoms with van der Waals surface area (Å²) in [5.74, 6) is 0.347. The SMILES string of the molecule is Fc1ccc(Cl)c(-c2nc3c(Cl)cccc3nc2CN2CNc3ncncc32)c1. The Kier molecular flexibility index (Phi) is 4.41. The predicted molar refractivity (Wildman–Crippen MR) is 112 cm³/mol. The van der Waals surface area contributed by atoms with Crippen LogP contribution in [0.25, 0.3) is 22.3 Å². The van der Waals surface area contributed by atoms with Crippen molar-refractivity contribution in [2.75, 3.05) is 16.9 Å². The van der Waals surface area contributed by atoms with Gasteiger partial charge < -0.3 is 10.2 Å². The van der Waals surface area contributed by atoms with Gasteiger partial charge in [-0.25, -0.2) is 24.3 Å². The topological polar surface area (TPSA) is 66.8 Å². The minimum atomic E-state index is -0.405. The van der Waals surface area contributed by atoms with E-state index >= 15 is 0 Å². The first-order valence-corrected chi connectivity index (χ1v) is 9.55. The Morgan fingerprint density at radius 3 is 2.90 bits per heavy atom. The third-order valence-corrected chi connectivity index (χ3v) is 5.35. The van der Waals surface area contributed by atoms with Crippen LogP contribution in [-0.2, 0) is 6.54 Å². The Bertz CT molecular complexity index is 1250. The number of para-hydroxylation sites is 1. The van der Waals surface area contributed by atoms with Crippen LogP contribution in [0.4, 0.5) is 15.9 Å². The number of anilines is 2. The molecule has 0 spiro atoms. The molecule has 9 heteroatoms. The van der Waals surface area contributed by atoms with Crippen LogP contribution in [0.2, 0.25) is 10.0 Å². The maximum atomic E-state index is 14.0. The van der Waals surface area contributed by atoms with E-state index in [9.17, 15) is 4.39 Å². The molecule has 0 unspecified atom stereocenters. The first-order valence-electron chi connectivity index (χ1n) is 8.79. The van der Waals surface area contributed by atoms with Crippen LogP contribution in [0.1, 0.15) is 5.69 Å². The van der Waals surface area contributed by atoms with Crippen LogP contribution in [0.5, 0.6) is 0 Å². The molecule has 1 N–H and O–H groups in total. The van der Waals surface area contributed by atoms with Crippen LogP contribution in [0.3, 0.4) is 0 Å². The van der Waals surface area contributed by atoms with Gasteiger partial charge in [-0.3, -0.25) is 0 Å². The Morgan fingerprint density at radius 1 is 1.10 bits per heavy atom. The number of benzene rings is 2. The van der Waals surface area contributed by atoms with E-state index in [4.69, 9.17) is 33.2 Å². The molecule has 4 aromatic rings. The van der Waals surface area contributed by atoms with Crippen LogP contribution in [0, 0.1) is 5.82 Å². The van der Waals surface area contributed by atoms with Gasteiger partial charge in [-0.1, -0.05) is 29.3 Å². The Morgan fingerprint density at radius 2 is 2.00 bits per heavy atom. The number of fused-ring (bicyclic) bond motifs is 2. The fraction of sp³-hybridized carbons (Fsp3) is 0.100. The first-order chi connectivity index (χ1) is 14.1. The summed E-state index contributed by atoms with van der Waals surface area (Å²) in [6.07, 6.45) is 3.23. The van der Waals surface area contributed by atoms with Crippen LogP contribution in [0.15, 0.2) is 48.9 Å². The molecule has 29 heavy (non-hydrogen) atoms. The molecule has 144 valence electrons. The van der Waals surface area contributed by atoms with E-state index in [1.54, 1.807) is 12.3 Å². The highest BCUT2D eigenvalue weighted by Gasteiger charge is 2.23. The van der Waals surface area contributed by atoms with Gasteiger partial charge in [0, 0.05) is 5.56 Å². The molecule has 1 aliphatic heterocycles. The van der Waals surface area contributed by atoms with E-state index in [2.05, 4.69) is 15.3 Å². The average molecular weight is 427 g/mol. The van der Waals surface area contributed by atoms with Gasteiger partial charge in [0.2, 0.25) is 0 Å². The molecule has 1 aliphatic rings. The average Bonchev–Trinajstić information content (AvgIpc) is 3.13. The van der Waals surface area contributed by atoms with Crippen LogP contribution >= 0.6 is 23.2 Å². The lowest BCUT2D eigenvalue weighted by atomic mass is 10.1. The van der Waals surface area contributed by atoms with Gasteiger partial charge in [0.05, 0.1) is 46.4 Å². The van der Waals surface area contributed by atoms with Gasteiger partial charge in [0.1, 0.15) is 23.3 Å². The minimum absolute atomic E-state index is 0.386. The third kappa shape index (κ3) is 3.22. The number of nitrogens with one attached hydrogen (secondary N) is 1. The highest BCUT2D eigenvalue weighted by Crippen LogP contribution is 2.35. The second-order valence-corrected chi connectivity index (χ2v) is 7.35. The van der Waals surface area contributed by atoms with Crippen molar-refractivity contribution in [2.24, 2.45) is 0 Å². The summed E-state index contributed by atoms with van der Waals surface area (Å²) in [5, 5.41) is 4.07. The summed E-state index contributed by atoms with van der Waals surface area (Å²) in [5.41, 5.74) is 3.65. The molecule has 0 amide bonds. The predicted octanol–water partition coefficient (Wildman–Crippen LogP) is 4.92. The highest BCUT2D eigenvalue weighted by atomic mass is 35.5. The van der Waals surface area contributed by atoms with Gasteiger partial charge in [0.25, 0.3) is 0 Å². The lowest BCUT2D eigenvalue weighted by Crippen LogP contribution is -2.23. The Hall–Kier alpha value is -3.03. The lowest BCUT2D eigenvalue weighted by molar-refractivity contribution is 0.628. The third-order valence-electron chi connectivity index (χ3n) is 4.71. The number of aromatic nitrogens is 4. The molecular weight excluding hydrogens is 414 g/mol. The van der Waals surface area contributed by atoms with Crippen molar-refractivity contribution < 1.29 is 4.39 Å². The fourth-order valence-electron chi connectivity index (χ4n) is 3.35. The maximum Gasteiger partial charge on any atom is 0.154 e. The van der Waals surface area contributed by atoms with Crippen molar-refractivity contribution in [3.8, 4) is 11.3 Å². The number of halogens is 3. The zero-order chi connectivity index (χ0) is 20.0. The molecule has 0 atom stereocenters. The molecular formula is C20H13Cl2FN6. The van der Waals surface area contributed by atoms with Gasteiger partial charge in [-0.05, 0) is 30.3 Å². The highest BCUT2D eigenvalue weighted by molar-refractivity contribution is 6.35. The van der Waals surface area contributed by atoms with Crippen molar-refractivity contribution in [2.45, 2.75) is 6.54 Å². The van der Waals surface area contributed by atoms with Crippen molar-refractivity contribution in [3.63, 3.8) is 0 Å². The smallest absolute Gasteiger partial charge is 0.154 e. The van der Waals surface area contributed by atoms with Gasteiger partial charge in [-0.15, -0.1) is 0 Å². The fourth-order valence-corrected chi connectivity index (χ4v) is 3.77. The van der Waals surface area contributed by atoms with E-state index < -0.39 is 5.82 Å². The molecule has 0 bridgehead atoms. The molecule has 3 heterocycles. The van der Waals surface area contributed by atoms with E-state index in [1.807, 2.05) is 17.0 Å². The molecule has 2 aromatic carbocycles. The largest absolute Gasteiger partial charge is 0.351 e. The van der Waals surface area contributed by atoms with Gasteiger partial charge in [0.15, 0.2) is 5.82 Å². The zero-order valence-corrected chi connectivity index (χ0v) is 16.4. The summed E-state index contributed by atoms with van der Waals surface area (Å²) in [6.45, 7) is 0.949. The number of nitrogens with zero attached hydrogens (tertiary/aromatic N) is 5. The molecule has 0 radical (unpaired) electrons. The quantitative estimate of drug-likeness (QED) is 0.501. The number of hydrogen-bond donors (Lipinski definition) is 1. The van der Waals surface area contributed by atoms with Crippen molar-refractivity contribution in [1.82, 2.24) is 19.9 Å². The normalized spacial score (nSPS) is 12.9. The maximum absolute atomic E-state index is 14.0. The summed E-state index contributed by atoms with van der Waals surface area (Å²) in [6, 6.07) is 9.58. The van der Waals surface area contributed by atoms with Crippen molar-refractivity contribution >= 4 is 45.7 Å². The first kappa shape index (κ1) is 18.0. The summed E-state index contributed by atoms with van der Waals surface area (Å²) in [7, 11) is 0. The second-order valence-electron chi connectivity index (χ2n) is 6.54. The summed E-state index contributed by atoms with van der Waals surface area (Å²) < 4.78 is 14.0. The molecule has 0 saturated heterocycles. The van der Waals surface area contributed by atoms with Gasteiger partial charge in [-0.2, -0.15) is 0 Å². The summed E-state index contributed by atoms with van der Waals surface area (Å²) in [4.78, 5) is 19.9. The van der Waals surface area contributed by atoms with Gasteiger partial charge >= 0.3 is 0 Å². The Labute approximate surface area is 175 Å². The standard InChI is InChI=1S/C20H13Cl2FN6/c21-13-5-4-11(23)6-12(13)18-16(27-15-3-1-2-14(22)19(15)28-18)8-29-10-26-20-17(29)7-24-9-25-20/h1-7,9H,8,10H2,(H,24,25,26). The van der Waals surface area contributed by atoms with E-state index in [1.165, 1.54) is 24.5 Å². The molecule has 5 rings (SSSR count). The molecule has 0 aliphatic carbocycles. The second kappa shape index (κ2) is 7.09. The Balaban J connectivity index is 1.68. The van der Waals surface area contributed by atoms with E-state index in [0.29, 0.717) is 51.2 Å². The number of hydrogen-bond acceptors (Lipinski definition) is 6. The summed E-state index contributed by atoms with van der Waals surface area (Å²) >= 11 is 12.7. The lowest BCUT2D eigenvalue weighted by Gasteiger charge is -2.19. The molecule has 2 aromatic heterocycles. The van der Waals surface area contributed by atoms with Crippen molar-refractivity contribution in [3.05, 3.63) is 70.5 Å². The van der Waals surface area contributed by atoms with Crippen molar-refractivity contribution in [1.29, 1.82) is 0 Å². The molecule has 0 fully saturated rings. The van der Waals surface area contributed by atoms with Crippen LogP contribution in [-0.4, -0.2) is 26.6 Å². The monoisotopic (exact) mass is 426 g/mol. The number of rotatable bonds is 3. The minimum Gasteiger partial charge on any atom is -0.351 e. The molecule has 6 nitrogen and oxygen atoms in total.